The number of anilines is 1. The van der Waals surface area contributed by atoms with Crippen LogP contribution in [0.5, 0.6) is 0 Å². The van der Waals surface area contributed by atoms with E-state index >= 15 is 0 Å². The summed E-state index contributed by atoms with van der Waals surface area (Å²) in [4.78, 5) is 25.6. The van der Waals surface area contributed by atoms with E-state index in [0.717, 1.165) is 11.3 Å². The van der Waals surface area contributed by atoms with Crippen LogP contribution in [0.2, 0.25) is 0 Å². The number of urea groups is 1. The summed E-state index contributed by atoms with van der Waals surface area (Å²) in [6.07, 6.45) is 3.31. The first-order chi connectivity index (χ1) is 11.0. The Morgan fingerprint density at radius 3 is 2.65 bits per heavy atom. The first-order valence-corrected chi connectivity index (χ1v) is 6.75. The lowest BCUT2D eigenvalue weighted by Crippen LogP contribution is -2.22. The monoisotopic (exact) mass is 310 g/mol. The van der Waals surface area contributed by atoms with Crippen molar-refractivity contribution < 1.29 is 9.59 Å². The average molecular weight is 310 g/mol. The minimum Gasteiger partial charge on any atom is -0.364 e. The van der Waals surface area contributed by atoms with Crippen LogP contribution in [0.1, 0.15) is 10.5 Å². The molecule has 0 aliphatic carbocycles. The van der Waals surface area contributed by atoms with Crippen molar-refractivity contribution in [2.45, 2.75) is 0 Å². The van der Waals surface area contributed by atoms with E-state index < -0.39 is 11.9 Å². The van der Waals surface area contributed by atoms with Gasteiger partial charge < -0.3 is 21.8 Å². The number of aromatic nitrogens is 3. The number of primary amides is 2. The van der Waals surface area contributed by atoms with E-state index in [1.165, 1.54) is 10.9 Å². The maximum Gasteiger partial charge on any atom is 0.316 e. The van der Waals surface area contributed by atoms with E-state index in [0.29, 0.717) is 5.69 Å². The molecule has 0 spiro atoms. The molecule has 23 heavy (non-hydrogen) atoms. The predicted octanol–water partition coefficient (Wildman–Crippen LogP) is 1.46. The molecule has 3 aromatic rings. The van der Waals surface area contributed by atoms with E-state index in [4.69, 9.17) is 11.5 Å². The fourth-order valence-corrected chi connectivity index (χ4v) is 2.24. The molecule has 0 unspecified atom stereocenters. The molecule has 0 atom stereocenters. The zero-order chi connectivity index (χ0) is 16.4. The number of amides is 3. The molecular formula is C15H14N6O2. The van der Waals surface area contributed by atoms with Crippen molar-refractivity contribution in [3.8, 4) is 16.9 Å². The van der Waals surface area contributed by atoms with Crippen LogP contribution in [0.25, 0.3) is 16.9 Å². The minimum atomic E-state index is -0.799. The van der Waals surface area contributed by atoms with Gasteiger partial charge in [-0.15, -0.1) is 0 Å². The van der Waals surface area contributed by atoms with Crippen LogP contribution < -0.4 is 16.8 Å². The summed E-state index contributed by atoms with van der Waals surface area (Å²) in [5.41, 5.74) is 13.1. The van der Waals surface area contributed by atoms with Crippen molar-refractivity contribution in [3.05, 3.63) is 54.5 Å². The van der Waals surface area contributed by atoms with Crippen molar-refractivity contribution in [1.82, 2.24) is 14.8 Å². The standard InChI is InChI=1S/C15H14N6O2/c16-14(22)13-12(19-15(17)23)8-21(20-13)10-4-1-3-9(7-10)11-5-2-6-18-11/h1-8,18H,(H2,16,22)(H3,17,19,23). The van der Waals surface area contributed by atoms with E-state index in [1.54, 1.807) is 0 Å². The van der Waals surface area contributed by atoms with Crippen molar-refractivity contribution in [3.63, 3.8) is 0 Å². The summed E-state index contributed by atoms with van der Waals surface area (Å²) >= 11 is 0. The van der Waals surface area contributed by atoms with E-state index in [2.05, 4.69) is 15.4 Å². The van der Waals surface area contributed by atoms with Gasteiger partial charge in [0.25, 0.3) is 5.91 Å². The third-order valence-corrected chi connectivity index (χ3v) is 3.23. The number of hydrogen-bond acceptors (Lipinski definition) is 3. The molecule has 2 aromatic heterocycles. The highest BCUT2D eigenvalue weighted by atomic mass is 16.2. The summed E-state index contributed by atoms with van der Waals surface area (Å²) in [5, 5.41) is 6.45. The highest BCUT2D eigenvalue weighted by Crippen LogP contribution is 2.22. The van der Waals surface area contributed by atoms with Gasteiger partial charge in [0.15, 0.2) is 5.69 Å². The van der Waals surface area contributed by atoms with Gasteiger partial charge >= 0.3 is 6.03 Å². The van der Waals surface area contributed by atoms with Crippen LogP contribution in [0, 0.1) is 0 Å². The predicted molar refractivity (Wildman–Crippen MR) is 85.1 cm³/mol. The quantitative estimate of drug-likeness (QED) is 0.581. The Morgan fingerprint density at radius 2 is 2.00 bits per heavy atom. The zero-order valence-corrected chi connectivity index (χ0v) is 12.0. The number of nitrogens with two attached hydrogens (primary N) is 2. The molecule has 116 valence electrons. The molecule has 0 aliphatic heterocycles. The number of nitrogens with zero attached hydrogens (tertiary/aromatic N) is 2. The number of nitrogens with one attached hydrogen (secondary N) is 2. The third-order valence-electron chi connectivity index (χ3n) is 3.23. The normalized spacial score (nSPS) is 10.4. The molecule has 8 heteroatoms. The Hall–Kier alpha value is -3.55. The number of carbonyl (C=O) groups is 2. The molecule has 0 fully saturated rings. The summed E-state index contributed by atoms with van der Waals surface area (Å²) in [6.45, 7) is 0. The lowest BCUT2D eigenvalue weighted by molar-refractivity contribution is 0.0996. The first kappa shape index (κ1) is 14.4. The van der Waals surface area contributed by atoms with Crippen molar-refractivity contribution in [2.75, 3.05) is 5.32 Å². The van der Waals surface area contributed by atoms with Gasteiger partial charge in [0, 0.05) is 17.5 Å². The Morgan fingerprint density at radius 1 is 1.17 bits per heavy atom. The highest BCUT2D eigenvalue weighted by molar-refractivity contribution is 6.00. The van der Waals surface area contributed by atoms with Crippen molar-refractivity contribution >= 4 is 17.6 Å². The Labute approximate surface area is 131 Å². The number of rotatable bonds is 4. The molecule has 3 rings (SSSR count). The Balaban J connectivity index is 2.03. The Bertz CT molecular complexity index is 866. The maximum atomic E-state index is 11.5. The van der Waals surface area contributed by atoms with Gasteiger partial charge in [0.2, 0.25) is 0 Å². The number of carbonyl (C=O) groups excluding carboxylic acids is 2. The molecule has 0 bridgehead atoms. The third kappa shape index (κ3) is 2.91. The summed E-state index contributed by atoms with van der Waals surface area (Å²) < 4.78 is 1.46. The van der Waals surface area contributed by atoms with E-state index in [-0.39, 0.29) is 11.4 Å². The number of hydrogen-bond donors (Lipinski definition) is 4. The van der Waals surface area contributed by atoms with Crippen LogP contribution >= 0.6 is 0 Å². The number of H-pyrrole nitrogens is 1. The lowest BCUT2D eigenvalue weighted by atomic mass is 10.1. The first-order valence-electron chi connectivity index (χ1n) is 6.75. The fraction of sp³-hybridized carbons (Fsp3) is 0. The van der Waals surface area contributed by atoms with Crippen LogP contribution in [0.4, 0.5) is 10.5 Å². The molecule has 8 nitrogen and oxygen atoms in total. The molecule has 3 amide bonds. The minimum absolute atomic E-state index is 0.0610. The molecule has 6 N–H and O–H groups in total. The molecule has 0 saturated heterocycles. The number of aromatic amines is 1. The summed E-state index contributed by atoms with van der Waals surface area (Å²) in [6, 6.07) is 10.5. The van der Waals surface area contributed by atoms with Crippen molar-refractivity contribution in [2.24, 2.45) is 11.5 Å². The van der Waals surface area contributed by atoms with Crippen LogP contribution in [0.15, 0.2) is 48.8 Å². The molecule has 2 heterocycles. The molecule has 1 aromatic carbocycles. The topological polar surface area (TPSA) is 132 Å². The lowest BCUT2D eigenvalue weighted by Gasteiger charge is -2.04. The smallest absolute Gasteiger partial charge is 0.316 e. The Kier molecular flexibility index (Phi) is 3.55. The fourth-order valence-electron chi connectivity index (χ4n) is 2.24. The van der Waals surface area contributed by atoms with E-state index in [1.807, 2.05) is 42.6 Å². The highest BCUT2D eigenvalue weighted by Gasteiger charge is 2.16. The number of benzene rings is 1. The summed E-state index contributed by atoms with van der Waals surface area (Å²) in [7, 11) is 0. The SMILES string of the molecule is NC(=O)Nc1cn(-c2cccc(-c3ccc[nH]3)c2)nc1C(N)=O. The van der Waals surface area contributed by atoms with Gasteiger partial charge in [-0.3, -0.25) is 4.79 Å². The van der Waals surface area contributed by atoms with Gasteiger partial charge in [0.05, 0.1) is 17.6 Å². The second-order valence-electron chi connectivity index (χ2n) is 4.82. The molecule has 0 saturated carbocycles. The van der Waals surface area contributed by atoms with Crippen LogP contribution in [-0.2, 0) is 0 Å². The van der Waals surface area contributed by atoms with Crippen LogP contribution in [0.3, 0.4) is 0 Å². The summed E-state index contributed by atoms with van der Waals surface area (Å²) in [5.74, 6) is -0.756. The van der Waals surface area contributed by atoms with Gasteiger partial charge in [-0.25, -0.2) is 9.48 Å². The van der Waals surface area contributed by atoms with Gasteiger partial charge in [-0.1, -0.05) is 12.1 Å². The van der Waals surface area contributed by atoms with Crippen LogP contribution in [-0.4, -0.2) is 26.7 Å². The van der Waals surface area contributed by atoms with Gasteiger partial charge in [-0.2, -0.15) is 5.10 Å². The second kappa shape index (κ2) is 5.68. The second-order valence-corrected chi connectivity index (χ2v) is 4.82. The van der Waals surface area contributed by atoms with Gasteiger partial charge in [-0.05, 0) is 24.3 Å². The molecule has 0 radical (unpaired) electrons. The van der Waals surface area contributed by atoms with Crippen molar-refractivity contribution in [1.29, 1.82) is 0 Å². The average Bonchev–Trinajstić information content (AvgIpc) is 3.16. The molecular weight excluding hydrogens is 296 g/mol. The molecule has 0 aliphatic rings. The zero-order valence-electron chi connectivity index (χ0n) is 12.0. The maximum absolute atomic E-state index is 11.5. The largest absolute Gasteiger partial charge is 0.364 e. The van der Waals surface area contributed by atoms with Gasteiger partial charge in [0.1, 0.15) is 0 Å². The van der Waals surface area contributed by atoms with E-state index in [9.17, 15) is 9.59 Å².